The first-order valence-corrected chi connectivity index (χ1v) is 7.55. The third-order valence-corrected chi connectivity index (χ3v) is 4.85. The van der Waals surface area contributed by atoms with Gasteiger partial charge in [0.15, 0.2) is 0 Å². The minimum Gasteiger partial charge on any atom is -0.296 e. The Morgan fingerprint density at radius 1 is 1.30 bits per heavy atom. The fourth-order valence-corrected chi connectivity index (χ4v) is 3.23. The number of hydrazine groups is 1. The Bertz CT molecular complexity index is 414. The predicted molar refractivity (Wildman–Crippen MR) is 80.7 cm³/mol. The van der Waals surface area contributed by atoms with E-state index in [1.165, 1.54) is 25.0 Å². The van der Waals surface area contributed by atoms with Crippen LogP contribution in [0.2, 0.25) is 0 Å². The van der Waals surface area contributed by atoms with Crippen LogP contribution in [0.3, 0.4) is 0 Å². The standard InChI is InChI=1S/C16H26FN3/c1-3-16(2,20-10-4-5-11-20)15(19-18)12-13-6-8-14(17)9-7-13/h6-9,15,19H,3-5,10-12,18H2,1-2H3. The fraction of sp³-hybridized carbons (Fsp3) is 0.625. The maximum Gasteiger partial charge on any atom is 0.123 e. The molecule has 1 aliphatic rings. The third-order valence-electron chi connectivity index (χ3n) is 4.85. The molecule has 112 valence electrons. The number of benzene rings is 1. The van der Waals surface area contributed by atoms with Crippen LogP contribution in [-0.4, -0.2) is 29.6 Å². The third kappa shape index (κ3) is 3.19. The highest BCUT2D eigenvalue weighted by Crippen LogP contribution is 2.29. The summed E-state index contributed by atoms with van der Waals surface area (Å²) in [6.45, 7) is 6.79. The number of hydrogen-bond acceptors (Lipinski definition) is 3. The zero-order valence-electron chi connectivity index (χ0n) is 12.5. The Morgan fingerprint density at radius 3 is 2.40 bits per heavy atom. The Balaban J connectivity index is 2.14. The van der Waals surface area contributed by atoms with E-state index >= 15 is 0 Å². The van der Waals surface area contributed by atoms with Gasteiger partial charge in [-0.2, -0.15) is 0 Å². The van der Waals surface area contributed by atoms with Gasteiger partial charge in [0, 0.05) is 11.6 Å². The summed E-state index contributed by atoms with van der Waals surface area (Å²) in [6, 6.07) is 6.89. The number of nitrogens with zero attached hydrogens (tertiary/aromatic N) is 1. The van der Waals surface area contributed by atoms with Gasteiger partial charge in [0.05, 0.1) is 0 Å². The lowest BCUT2D eigenvalue weighted by Gasteiger charge is -2.44. The second-order valence-corrected chi connectivity index (χ2v) is 5.95. The molecule has 2 rings (SSSR count). The molecule has 2 unspecified atom stereocenters. The van der Waals surface area contributed by atoms with E-state index in [-0.39, 0.29) is 17.4 Å². The van der Waals surface area contributed by atoms with Crippen molar-refractivity contribution in [3.63, 3.8) is 0 Å². The van der Waals surface area contributed by atoms with Gasteiger partial charge in [0.2, 0.25) is 0 Å². The smallest absolute Gasteiger partial charge is 0.123 e. The highest BCUT2D eigenvalue weighted by Gasteiger charge is 2.38. The predicted octanol–water partition coefficient (Wildman–Crippen LogP) is 2.46. The molecule has 1 aliphatic heterocycles. The molecule has 1 saturated heterocycles. The van der Waals surface area contributed by atoms with Crippen LogP contribution in [-0.2, 0) is 6.42 Å². The Kier molecular flexibility index (Phi) is 5.13. The summed E-state index contributed by atoms with van der Waals surface area (Å²) in [5, 5.41) is 0. The molecular weight excluding hydrogens is 253 g/mol. The Hall–Kier alpha value is -0.970. The van der Waals surface area contributed by atoms with Gasteiger partial charge in [-0.1, -0.05) is 19.1 Å². The second-order valence-electron chi connectivity index (χ2n) is 5.95. The van der Waals surface area contributed by atoms with Crippen LogP contribution in [0.15, 0.2) is 24.3 Å². The van der Waals surface area contributed by atoms with E-state index < -0.39 is 0 Å². The van der Waals surface area contributed by atoms with Crippen molar-refractivity contribution in [2.24, 2.45) is 5.84 Å². The maximum atomic E-state index is 13.0. The van der Waals surface area contributed by atoms with Crippen LogP contribution in [0.25, 0.3) is 0 Å². The number of likely N-dealkylation sites (tertiary alicyclic amines) is 1. The van der Waals surface area contributed by atoms with E-state index in [1.54, 1.807) is 0 Å². The lowest BCUT2D eigenvalue weighted by Crippen LogP contribution is -2.61. The largest absolute Gasteiger partial charge is 0.296 e. The summed E-state index contributed by atoms with van der Waals surface area (Å²) < 4.78 is 13.0. The van der Waals surface area contributed by atoms with Crippen molar-refractivity contribution in [2.45, 2.75) is 51.1 Å². The average Bonchev–Trinajstić information content (AvgIpc) is 3.00. The van der Waals surface area contributed by atoms with Crippen molar-refractivity contribution in [3.8, 4) is 0 Å². The summed E-state index contributed by atoms with van der Waals surface area (Å²) >= 11 is 0. The monoisotopic (exact) mass is 279 g/mol. The second kappa shape index (κ2) is 6.66. The average molecular weight is 279 g/mol. The summed E-state index contributed by atoms with van der Waals surface area (Å²) in [7, 11) is 0. The van der Waals surface area contributed by atoms with E-state index in [1.807, 2.05) is 12.1 Å². The highest BCUT2D eigenvalue weighted by atomic mass is 19.1. The van der Waals surface area contributed by atoms with E-state index in [0.29, 0.717) is 0 Å². The van der Waals surface area contributed by atoms with Gasteiger partial charge in [-0.25, -0.2) is 4.39 Å². The highest BCUT2D eigenvalue weighted by molar-refractivity contribution is 5.18. The van der Waals surface area contributed by atoms with Gasteiger partial charge in [0.1, 0.15) is 5.82 Å². The van der Waals surface area contributed by atoms with Crippen molar-refractivity contribution < 1.29 is 4.39 Å². The van der Waals surface area contributed by atoms with E-state index in [2.05, 4.69) is 24.2 Å². The quantitative estimate of drug-likeness (QED) is 0.621. The lowest BCUT2D eigenvalue weighted by atomic mass is 9.84. The van der Waals surface area contributed by atoms with Crippen LogP contribution >= 0.6 is 0 Å². The van der Waals surface area contributed by atoms with Gasteiger partial charge in [-0.05, 0) is 63.4 Å². The first-order valence-electron chi connectivity index (χ1n) is 7.55. The fourth-order valence-electron chi connectivity index (χ4n) is 3.23. The molecule has 4 heteroatoms. The summed E-state index contributed by atoms with van der Waals surface area (Å²) in [6.07, 6.45) is 4.40. The molecule has 0 radical (unpaired) electrons. The molecule has 1 heterocycles. The molecule has 0 bridgehead atoms. The van der Waals surface area contributed by atoms with Gasteiger partial charge < -0.3 is 0 Å². The zero-order valence-corrected chi connectivity index (χ0v) is 12.5. The van der Waals surface area contributed by atoms with E-state index in [9.17, 15) is 4.39 Å². The molecule has 3 N–H and O–H groups in total. The molecule has 1 aromatic carbocycles. The Labute approximate surface area is 121 Å². The van der Waals surface area contributed by atoms with E-state index in [0.717, 1.165) is 31.5 Å². The van der Waals surface area contributed by atoms with Crippen LogP contribution in [0.1, 0.15) is 38.7 Å². The first kappa shape index (κ1) is 15.4. The number of nitrogens with one attached hydrogen (secondary N) is 1. The van der Waals surface area contributed by atoms with Crippen LogP contribution in [0, 0.1) is 5.82 Å². The number of rotatable bonds is 6. The van der Waals surface area contributed by atoms with Crippen LogP contribution < -0.4 is 11.3 Å². The molecule has 1 aromatic rings. The van der Waals surface area contributed by atoms with Crippen molar-refractivity contribution in [1.82, 2.24) is 10.3 Å². The summed E-state index contributed by atoms with van der Waals surface area (Å²) in [4.78, 5) is 2.54. The van der Waals surface area contributed by atoms with Crippen molar-refractivity contribution >= 4 is 0 Å². The SMILES string of the molecule is CCC(C)(C(Cc1ccc(F)cc1)NN)N1CCCC1. The molecule has 0 amide bonds. The first-order chi connectivity index (χ1) is 9.60. The van der Waals surface area contributed by atoms with Crippen LogP contribution in [0.4, 0.5) is 4.39 Å². The van der Waals surface area contributed by atoms with Gasteiger partial charge in [0.25, 0.3) is 0 Å². The molecular formula is C16H26FN3. The molecule has 3 nitrogen and oxygen atoms in total. The van der Waals surface area contributed by atoms with Gasteiger partial charge in [-0.3, -0.25) is 16.2 Å². The number of hydrogen-bond donors (Lipinski definition) is 2. The van der Waals surface area contributed by atoms with E-state index in [4.69, 9.17) is 5.84 Å². The molecule has 20 heavy (non-hydrogen) atoms. The van der Waals surface area contributed by atoms with Crippen LogP contribution in [0.5, 0.6) is 0 Å². The van der Waals surface area contributed by atoms with Crippen molar-refractivity contribution in [2.75, 3.05) is 13.1 Å². The molecule has 1 fully saturated rings. The summed E-state index contributed by atoms with van der Waals surface area (Å²) in [5.74, 6) is 5.64. The van der Waals surface area contributed by atoms with Crippen molar-refractivity contribution in [3.05, 3.63) is 35.6 Å². The molecule has 0 aromatic heterocycles. The van der Waals surface area contributed by atoms with Gasteiger partial charge >= 0.3 is 0 Å². The Morgan fingerprint density at radius 2 is 1.90 bits per heavy atom. The maximum absolute atomic E-state index is 13.0. The lowest BCUT2D eigenvalue weighted by molar-refractivity contribution is 0.0841. The minimum atomic E-state index is -0.191. The molecule has 0 aliphatic carbocycles. The zero-order chi connectivity index (χ0) is 14.6. The molecule has 0 saturated carbocycles. The normalized spacial score (nSPS) is 20.8. The summed E-state index contributed by atoms with van der Waals surface area (Å²) in [5.41, 5.74) is 4.16. The van der Waals surface area contributed by atoms with Gasteiger partial charge in [-0.15, -0.1) is 0 Å². The minimum absolute atomic E-state index is 0.0413. The van der Waals surface area contributed by atoms with Crippen molar-refractivity contribution in [1.29, 1.82) is 0 Å². The topological polar surface area (TPSA) is 41.3 Å². The molecule has 2 atom stereocenters. The number of halogens is 1. The molecule has 0 spiro atoms. The number of nitrogens with two attached hydrogens (primary N) is 1.